The summed E-state index contributed by atoms with van der Waals surface area (Å²) in [4.78, 5) is 11.8. The van der Waals surface area contributed by atoms with Crippen LogP contribution in [-0.2, 0) is 0 Å². The van der Waals surface area contributed by atoms with Crippen molar-refractivity contribution in [3.8, 4) is 0 Å². The highest BCUT2D eigenvalue weighted by Crippen LogP contribution is 2.29. The van der Waals surface area contributed by atoms with E-state index in [9.17, 15) is 4.79 Å². The quantitative estimate of drug-likeness (QED) is 0.849. The van der Waals surface area contributed by atoms with Gasteiger partial charge in [0, 0.05) is 12.1 Å². The molecule has 100 valence electrons. The normalized spacial score (nSPS) is 27.8. The summed E-state index contributed by atoms with van der Waals surface area (Å²) in [6.45, 7) is 6.24. The van der Waals surface area contributed by atoms with Crippen molar-refractivity contribution in [1.29, 1.82) is 0 Å². The topological polar surface area (TPSA) is 67.2 Å². The van der Waals surface area contributed by atoms with E-state index in [0.717, 1.165) is 6.42 Å². The Morgan fingerprint density at radius 3 is 2.89 bits per heavy atom. The molecule has 1 aliphatic carbocycles. The van der Waals surface area contributed by atoms with Crippen molar-refractivity contribution in [2.45, 2.75) is 46.1 Å². The van der Waals surface area contributed by atoms with Gasteiger partial charge in [-0.05, 0) is 25.2 Å². The predicted molar refractivity (Wildman–Crippen MR) is 69.4 cm³/mol. The van der Waals surface area contributed by atoms with Gasteiger partial charge in [0.25, 0.3) is 0 Å². The Labute approximate surface area is 107 Å². The Balaban J connectivity index is 1.87. The van der Waals surface area contributed by atoms with Crippen LogP contribution in [-0.4, -0.2) is 17.2 Å². The van der Waals surface area contributed by atoms with Gasteiger partial charge in [0.15, 0.2) is 5.82 Å². The summed E-state index contributed by atoms with van der Waals surface area (Å²) < 4.78 is 4.90. The minimum absolute atomic E-state index is 0.200. The zero-order chi connectivity index (χ0) is 13.1. The molecular formula is C13H21N3O2. The average Bonchev–Trinajstić information content (AvgIpc) is 2.70. The van der Waals surface area contributed by atoms with E-state index in [1.54, 1.807) is 13.0 Å². The van der Waals surface area contributed by atoms with E-state index in [1.807, 2.05) is 0 Å². The maximum Gasteiger partial charge on any atom is 0.320 e. The fourth-order valence-electron chi connectivity index (χ4n) is 2.53. The third-order valence-corrected chi connectivity index (χ3v) is 3.89. The van der Waals surface area contributed by atoms with Gasteiger partial charge in [0.05, 0.1) is 0 Å². The Bertz CT molecular complexity index is 416. The molecule has 0 saturated heterocycles. The lowest BCUT2D eigenvalue weighted by Crippen LogP contribution is -2.45. The van der Waals surface area contributed by atoms with E-state index in [1.165, 1.54) is 12.8 Å². The number of anilines is 1. The van der Waals surface area contributed by atoms with Crippen LogP contribution in [0.25, 0.3) is 0 Å². The minimum Gasteiger partial charge on any atom is -0.360 e. The molecule has 0 radical (unpaired) electrons. The van der Waals surface area contributed by atoms with E-state index in [-0.39, 0.29) is 12.1 Å². The van der Waals surface area contributed by atoms with Crippen molar-refractivity contribution in [3.63, 3.8) is 0 Å². The summed E-state index contributed by atoms with van der Waals surface area (Å²) in [6, 6.07) is 1.75. The first-order chi connectivity index (χ1) is 8.56. The fraction of sp³-hybridized carbons (Fsp3) is 0.692. The van der Waals surface area contributed by atoms with E-state index in [2.05, 4.69) is 29.6 Å². The first-order valence-corrected chi connectivity index (χ1v) is 6.57. The second-order valence-corrected chi connectivity index (χ2v) is 5.30. The lowest BCUT2D eigenvalue weighted by molar-refractivity contribution is 0.201. The van der Waals surface area contributed by atoms with E-state index < -0.39 is 0 Å². The van der Waals surface area contributed by atoms with Gasteiger partial charge in [0.1, 0.15) is 5.76 Å². The molecule has 1 saturated carbocycles. The van der Waals surface area contributed by atoms with Crippen LogP contribution in [0.4, 0.5) is 10.6 Å². The van der Waals surface area contributed by atoms with Crippen LogP contribution < -0.4 is 10.6 Å². The number of hydrogen-bond acceptors (Lipinski definition) is 3. The Morgan fingerprint density at radius 1 is 1.44 bits per heavy atom. The first kappa shape index (κ1) is 12.9. The number of rotatable bonds is 2. The number of aromatic nitrogens is 1. The number of carbonyl (C=O) groups excluding carboxylic acids is 1. The smallest absolute Gasteiger partial charge is 0.320 e. The molecule has 1 fully saturated rings. The van der Waals surface area contributed by atoms with Crippen molar-refractivity contribution < 1.29 is 9.32 Å². The number of carbonyl (C=O) groups is 1. The average molecular weight is 251 g/mol. The van der Waals surface area contributed by atoms with Gasteiger partial charge in [0.2, 0.25) is 0 Å². The molecule has 0 bridgehead atoms. The summed E-state index contributed by atoms with van der Waals surface area (Å²) in [7, 11) is 0. The lowest BCUT2D eigenvalue weighted by Gasteiger charge is -2.34. The minimum atomic E-state index is -0.200. The second-order valence-electron chi connectivity index (χ2n) is 5.30. The maximum atomic E-state index is 11.8. The van der Waals surface area contributed by atoms with Crippen LogP contribution in [0.1, 0.15) is 38.9 Å². The predicted octanol–water partition coefficient (Wildman–Crippen LogP) is 2.93. The maximum absolute atomic E-state index is 11.8. The molecule has 2 N–H and O–H groups in total. The molecule has 0 aliphatic heterocycles. The van der Waals surface area contributed by atoms with Gasteiger partial charge in [-0.25, -0.2) is 4.79 Å². The standard InChI is InChI=1S/C13H21N3O2/c1-8-5-4-6-11(10(8)3)14-13(17)15-12-7-9(2)18-16-12/h7-8,10-11H,4-6H2,1-3H3,(H2,14,15,16,17). The van der Waals surface area contributed by atoms with Gasteiger partial charge < -0.3 is 9.84 Å². The summed E-state index contributed by atoms with van der Waals surface area (Å²) in [5.74, 6) is 2.33. The molecule has 18 heavy (non-hydrogen) atoms. The Hall–Kier alpha value is -1.52. The van der Waals surface area contributed by atoms with Gasteiger partial charge >= 0.3 is 6.03 Å². The van der Waals surface area contributed by atoms with Crippen molar-refractivity contribution >= 4 is 11.8 Å². The van der Waals surface area contributed by atoms with E-state index in [4.69, 9.17) is 4.52 Å². The van der Waals surface area contributed by atoms with Gasteiger partial charge in [-0.1, -0.05) is 31.8 Å². The first-order valence-electron chi connectivity index (χ1n) is 6.57. The van der Waals surface area contributed by atoms with E-state index in [0.29, 0.717) is 23.4 Å². The molecular weight excluding hydrogens is 230 g/mol. The molecule has 5 nitrogen and oxygen atoms in total. The fourth-order valence-corrected chi connectivity index (χ4v) is 2.53. The highest BCUT2D eigenvalue weighted by Gasteiger charge is 2.28. The molecule has 3 unspecified atom stereocenters. The molecule has 3 atom stereocenters. The van der Waals surface area contributed by atoms with Crippen molar-refractivity contribution in [2.75, 3.05) is 5.32 Å². The zero-order valence-corrected chi connectivity index (χ0v) is 11.2. The highest BCUT2D eigenvalue weighted by molar-refractivity contribution is 5.88. The van der Waals surface area contributed by atoms with Gasteiger partial charge in [-0.15, -0.1) is 0 Å². The number of amides is 2. The molecule has 0 aromatic carbocycles. The zero-order valence-electron chi connectivity index (χ0n) is 11.2. The summed E-state index contributed by atoms with van der Waals surface area (Å²) in [5, 5.41) is 9.45. The summed E-state index contributed by atoms with van der Waals surface area (Å²) in [6.07, 6.45) is 3.49. The number of urea groups is 1. The van der Waals surface area contributed by atoms with Crippen LogP contribution >= 0.6 is 0 Å². The summed E-state index contributed by atoms with van der Waals surface area (Å²) >= 11 is 0. The monoisotopic (exact) mass is 251 g/mol. The molecule has 1 aromatic rings. The molecule has 2 amide bonds. The van der Waals surface area contributed by atoms with Crippen LogP contribution in [0.3, 0.4) is 0 Å². The lowest BCUT2D eigenvalue weighted by atomic mass is 9.78. The number of hydrogen-bond donors (Lipinski definition) is 2. The van der Waals surface area contributed by atoms with E-state index >= 15 is 0 Å². The van der Waals surface area contributed by atoms with Crippen LogP contribution in [0, 0.1) is 18.8 Å². The molecule has 5 heteroatoms. The third-order valence-electron chi connectivity index (χ3n) is 3.89. The number of nitrogens with one attached hydrogen (secondary N) is 2. The highest BCUT2D eigenvalue weighted by atomic mass is 16.5. The van der Waals surface area contributed by atoms with Gasteiger partial charge in [-0.2, -0.15) is 0 Å². The number of nitrogens with zero attached hydrogens (tertiary/aromatic N) is 1. The molecule has 1 aromatic heterocycles. The molecule has 1 heterocycles. The van der Waals surface area contributed by atoms with Crippen molar-refractivity contribution in [1.82, 2.24) is 10.5 Å². The van der Waals surface area contributed by atoms with Crippen LogP contribution in [0.2, 0.25) is 0 Å². The third kappa shape index (κ3) is 3.03. The van der Waals surface area contributed by atoms with Crippen LogP contribution in [0.5, 0.6) is 0 Å². The molecule has 1 aliphatic rings. The second kappa shape index (κ2) is 5.42. The molecule has 2 rings (SSSR count). The Kier molecular flexibility index (Phi) is 3.89. The molecule has 0 spiro atoms. The largest absolute Gasteiger partial charge is 0.360 e. The van der Waals surface area contributed by atoms with Crippen molar-refractivity contribution in [3.05, 3.63) is 11.8 Å². The van der Waals surface area contributed by atoms with Crippen molar-refractivity contribution in [2.24, 2.45) is 11.8 Å². The number of aryl methyl sites for hydroxylation is 1. The van der Waals surface area contributed by atoms with Crippen LogP contribution in [0.15, 0.2) is 10.6 Å². The SMILES string of the molecule is Cc1cc(NC(=O)NC2CCCC(C)C2C)no1. The summed E-state index contributed by atoms with van der Waals surface area (Å²) in [5.41, 5.74) is 0. The Morgan fingerprint density at radius 2 is 2.22 bits per heavy atom. The van der Waals surface area contributed by atoms with Gasteiger partial charge in [-0.3, -0.25) is 5.32 Å².